The zero-order valence-corrected chi connectivity index (χ0v) is 32.9. The summed E-state index contributed by atoms with van der Waals surface area (Å²) in [6, 6.07) is 66.7. The van der Waals surface area contributed by atoms with Crippen LogP contribution in [-0.4, -0.2) is 24.5 Å². The van der Waals surface area contributed by atoms with Crippen molar-refractivity contribution in [1.29, 1.82) is 0 Å². The maximum absolute atomic E-state index is 5.36. The van der Waals surface area contributed by atoms with Crippen molar-refractivity contribution in [3.05, 3.63) is 188 Å². The predicted molar refractivity (Wildman–Crippen MR) is 251 cm³/mol. The van der Waals surface area contributed by atoms with E-state index in [0.29, 0.717) is 17.6 Å². The van der Waals surface area contributed by atoms with E-state index < -0.39 is 0 Å². The van der Waals surface area contributed by atoms with Gasteiger partial charge in [0, 0.05) is 63.8 Å². The van der Waals surface area contributed by atoms with E-state index in [1.165, 1.54) is 47.1 Å². The smallest absolute Gasteiger partial charge is 0.238 e. The number of fused-ring (bicyclic) bond motifs is 13. The number of hydrogen-bond donors (Lipinski definition) is 0. The first-order valence-electron chi connectivity index (χ1n) is 20.1. The van der Waals surface area contributed by atoms with E-state index in [4.69, 9.17) is 19.9 Å². The molecule has 0 aliphatic carbocycles. The van der Waals surface area contributed by atoms with Crippen LogP contribution in [0, 0.1) is 0 Å². The Morgan fingerprint density at radius 2 is 0.967 bits per heavy atom. The van der Waals surface area contributed by atoms with Gasteiger partial charge >= 0.3 is 0 Å². The largest absolute Gasteiger partial charge is 0.278 e. The summed E-state index contributed by atoms with van der Waals surface area (Å²) >= 11 is 1.84. The minimum absolute atomic E-state index is 0.589. The number of benzene rings is 9. The summed E-state index contributed by atoms with van der Waals surface area (Å²) in [6.07, 6.45) is 0. The van der Waals surface area contributed by atoms with Gasteiger partial charge in [0.2, 0.25) is 5.95 Å². The van der Waals surface area contributed by atoms with Gasteiger partial charge in [-0.1, -0.05) is 146 Å². The van der Waals surface area contributed by atoms with Crippen LogP contribution in [-0.2, 0) is 0 Å². The minimum atomic E-state index is 0.589. The molecule has 0 unspecified atom stereocenters. The first-order valence-corrected chi connectivity index (χ1v) is 21.0. The second-order valence-corrected chi connectivity index (χ2v) is 16.4. The normalized spacial score (nSPS) is 12.0. The molecule has 0 fully saturated rings. The molecule has 4 heterocycles. The van der Waals surface area contributed by atoms with Gasteiger partial charge in [-0.2, -0.15) is 9.97 Å². The molecule has 4 aromatic heterocycles. The Bertz CT molecular complexity index is 3850. The van der Waals surface area contributed by atoms with E-state index in [9.17, 15) is 0 Å². The molecule has 60 heavy (non-hydrogen) atoms. The van der Waals surface area contributed by atoms with Crippen molar-refractivity contribution in [3.63, 3.8) is 0 Å². The Labute approximate surface area is 347 Å². The predicted octanol–water partition coefficient (Wildman–Crippen LogP) is 14.3. The standard InChI is InChI=1S/C54H31N5S/c1-2-13-34(14-3-1)52-56-53(58-54(57-52)59-46-20-10-7-16-38(46)39-17-8-11-21-47(39)59)36-26-29-48-44(31-36)40-27-28-42-49(51(40)60-48)41-18-6-9-19-45(41)55-50(42)35-25-24-33-23-22-32-12-4-5-15-37(32)43(33)30-35/h1-31H. The average Bonchev–Trinajstić information content (AvgIpc) is 3.87. The molecule has 0 aliphatic heterocycles. The fourth-order valence-electron chi connectivity index (χ4n) is 9.22. The van der Waals surface area contributed by atoms with E-state index in [1.54, 1.807) is 0 Å². The molecule has 13 rings (SSSR count). The van der Waals surface area contributed by atoms with Crippen LogP contribution >= 0.6 is 11.3 Å². The van der Waals surface area contributed by atoms with Crippen molar-refractivity contribution in [2.75, 3.05) is 0 Å². The Hall–Kier alpha value is -7.80. The maximum atomic E-state index is 5.36. The summed E-state index contributed by atoms with van der Waals surface area (Å²) in [4.78, 5) is 20.9. The Kier molecular flexibility index (Phi) is 7.11. The number of hydrogen-bond acceptors (Lipinski definition) is 5. The third kappa shape index (κ3) is 4.98. The molecule has 0 atom stereocenters. The van der Waals surface area contributed by atoms with Gasteiger partial charge in [0.25, 0.3) is 0 Å². The first kappa shape index (κ1) is 33.2. The van der Waals surface area contributed by atoms with Gasteiger partial charge in [-0.3, -0.25) is 4.57 Å². The lowest BCUT2D eigenvalue weighted by Gasteiger charge is -2.12. The molecule has 0 amide bonds. The van der Waals surface area contributed by atoms with Crippen molar-refractivity contribution in [2.45, 2.75) is 0 Å². The fraction of sp³-hybridized carbons (Fsp3) is 0. The number of thiophene rings is 1. The number of aromatic nitrogens is 5. The van der Waals surface area contributed by atoms with E-state index >= 15 is 0 Å². The molecule has 13 aromatic rings. The summed E-state index contributed by atoms with van der Waals surface area (Å²) in [5.74, 6) is 1.85. The van der Waals surface area contributed by atoms with Crippen LogP contribution in [0.2, 0.25) is 0 Å². The monoisotopic (exact) mass is 781 g/mol. The Morgan fingerprint density at radius 1 is 0.367 bits per heavy atom. The molecular formula is C54H31N5S. The van der Waals surface area contributed by atoms with Gasteiger partial charge in [0.15, 0.2) is 11.6 Å². The van der Waals surface area contributed by atoms with Crippen molar-refractivity contribution < 1.29 is 0 Å². The summed E-state index contributed by atoms with van der Waals surface area (Å²) in [5, 5.41) is 13.2. The van der Waals surface area contributed by atoms with E-state index in [-0.39, 0.29) is 0 Å². The lowest BCUT2D eigenvalue weighted by molar-refractivity contribution is 0.954. The maximum Gasteiger partial charge on any atom is 0.238 e. The summed E-state index contributed by atoms with van der Waals surface area (Å²) in [7, 11) is 0. The van der Waals surface area contributed by atoms with Crippen LogP contribution in [0.5, 0.6) is 0 Å². The van der Waals surface area contributed by atoms with Gasteiger partial charge < -0.3 is 0 Å². The highest BCUT2D eigenvalue weighted by Gasteiger charge is 2.20. The highest BCUT2D eigenvalue weighted by molar-refractivity contribution is 7.26. The number of rotatable bonds is 4. The first-order chi connectivity index (χ1) is 29.7. The van der Waals surface area contributed by atoms with E-state index in [2.05, 4.69) is 174 Å². The zero-order valence-electron chi connectivity index (χ0n) is 32.0. The summed E-state index contributed by atoms with van der Waals surface area (Å²) < 4.78 is 4.62. The summed E-state index contributed by atoms with van der Waals surface area (Å²) in [5.41, 5.74) is 7.08. The molecule has 0 spiro atoms. The molecule has 6 heteroatoms. The molecule has 0 saturated heterocycles. The highest BCUT2D eigenvalue weighted by Crippen LogP contribution is 2.45. The fourth-order valence-corrected chi connectivity index (χ4v) is 10.5. The topological polar surface area (TPSA) is 56.5 Å². The summed E-state index contributed by atoms with van der Waals surface area (Å²) in [6.45, 7) is 0. The van der Waals surface area contributed by atoms with Gasteiger partial charge in [-0.05, 0) is 64.0 Å². The average molecular weight is 782 g/mol. The van der Waals surface area contributed by atoms with Gasteiger partial charge in [0.05, 0.1) is 22.2 Å². The third-order valence-corrected chi connectivity index (χ3v) is 13.2. The van der Waals surface area contributed by atoms with Crippen LogP contribution in [0.1, 0.15) is 0 Å². The molecule has 9 aromatic carbocycles. The van der Waals surface area contributed by atoms with Crippen LogP contribution in [0.3, 0.4) is 0 Å². The van der Waals surface area contributed by atoms with Crippen LogP contribution in [0.4, 0.5) is 0 Å². The van der Waals surface area contributed by atoms with E-state index in [1.807, 2.05) is 29.5 Å². The van der Waals surface area contributed by atoms with Gasteiger partial charge in [-0.15, -0.1) is 11.3 Å². The molecule has 5 nitrogen and oxygen atoms in total. The molecular weight excluding hydrogens is 751 g/mol. The molecule has 0 radical (unpaired) electrons. The molecule has 0 aliphatic rings. The zero-order chi connectivity index (χ0) is 39.3. The van der Waals surface area contributed by atoms with Crippen molar-refractivity contribution >= 4 is 96.5 Å². The van der Waals surface area contributed by atoms with Crippen molar-refractivity contribution in [2.24, 2.45) is 0 Å². The Balaban J connectivity index is 1.03. The third-order valence-electron chi connectivity index (χ3n) is 12.0. The second kappa shape index (κ2) is 12.9. The molecule has 0 bridgehead atoms. The van der Waals surface area contributed by atoms with Crippen LogP contribution < -0.4 is 0 Å². The van der Waals surface area contributed by atoms with Crippen molar-refractivity contribution in [1.82, 2.24) is 24.5 Å². The number of para-hydroxylation sites is 3. The number of nitrogens with zero attached hydrogens (tertiary/aromatic N) is 5. The molecule has 0 N–H and O–H groups in total. The van der Waals surface area contributed by atoms with Crippen molar-refractivity contribution in [3.8, 4) is 40.0 Å². The lowest BCUT2D eigenvalue weighted by Crippen LogP contribution is -2.06. The Morgan fingerprint density at radius 3 is 1.77 bits per heavy atom. The molecule has 0 saturated carbocycles. The quantitative estimate of drug-likeness (QED) is 0.167. The van der Waals surface area contributed by atoms with Crippen LogP contribution in [0.15, 0.2) is 188 Å². The van der Waals surface area contributed by atoms with E-state index in [0.717, 1.165) is 60.5 Å². The van der Waals surface area contributed by atoms with Gasteiger partial charge in [-0.25, -0.2) is 9.97 Å². The SMILES string of the molecule is c1ccc(-c2nc(-c3ccc4sc5c(ccc6c(-c7ccc8ccc9ccccc9c8c7)nc7ccccc7c65)c4c3)nc(-n3c4ccccc4c4ccccc43)n2)cc1. The lowest BCUT2D eigenvalue weighted by atomic mass is 9.95. The molecule has 278 valence electrons. The number of pyridine rings is 1. The highest BCUT2D eigenvalue weighted by atomic mass is 32.1. The second-order valence-electron chi connectivity index (χ2n) is 15.4. The van der Waals surface area contributed by atoms with Gasteiger partial charge in [0.1, 0.15) is 0 Å². The van der Waals surface area contributed by atoms with Crippen LogP contribution in [0.25, 0.3) is 125 Å². The minimum Gasteiger partial charge on any atom is -0.278 e.